The second-order valence-electron chi connectivity index (χ2n) is 4.67. The minimum atomic E-state index is -1.16. The smallest absolute Gasteiger partial charge is 0.326 e. The largest absolute Gasteiger partial charge is 0.480 e. The second-order valence-corrected chi connectivity index (χ2v) is 4.67. The summed E-state index contributed by atoms with van der Waals surface area (Å²) in [7, 11) is 0. The van der Waals surface area contributed by atoms with Crippen molar-refractivity contribution < 1.29 is 24.5 Å². The molecule has 0 aromatic carbocycles. The van der Waals surface area contributed by atoms with Gasteiger partial charge in [0.1, 0.15) is 6.04 Å². The molecule has 0 aromatic rings. The molecule has 1 aliphatic rings. The van der Waals surface area contributed by atoms with E-state index in [0.29, 0.717) is 26.1 Å². The summed E-state index contributed by atoms with van der Waals surface area (Å²) in [5.74, 6) is -1.16. The highest BCUT2D eigenvalue weighted by Crippen LogP contribution is 2.19. The highest BCUT2D eigenvalue weighted by Gasteiger charge is 2.30. The number of carboxylic acid groups (broad SMARTS) is 1. The van der Waals surface area contributed by atoms with E-state index in [1.807, 2.05) is 6.92 Å². The minimum absolute atomic E-state index is 0.0113. The molecule has 0 saturated carbocycles. The summed E-state index contributed by atoms with van der Waals surface area (Å²) in [5, 5.41) is 22.7. The van der Waals surface area contributed by atoms with Gasteiger partial charge in [-0.25, -0.2) is 9.59 Å². The van der Waals surface area contributed by atoms with Crippen LogP contribution in [0.15, 0.2) is 0 Å². The van der Waals surface area contributed by atoms with Gasteiger partial charge in [-0.15, -0.1) is 0 Å². The van der Waals surface area contributed by atoms with Gasteiger partial charge in [0.25, 0.3) is 0 Å². The predicted octanol–water partition coefficient (Wildman–Crippen LogP) is -0.310. The molecule has 2 amide bonds. The average molecular weight is 260 g/mol. The van der Waals surface area contributed by atoms with Gasteiger partial charge in [0.15, 0.2) is 0 Å². The average Bonchev–Trinajstić information content (AvgIpc) is 2.28. The number of carbonyl (C=O) groups is 2. The van der Waals surface area contributed by atoms with Gasteiger partial charge in [0.2, 0.25) is 0 Å². The molecule has 1 aliphatic heterocycles. The van der Waals surface area contributed by atoms with Gasteiger partial charge in [0.05, 0.1) is 0 Å². The Balaban J connectivity index is 2.46. The number of amides is 2. The Morgan fingerprint density at radius 3 is 2.50 bits per heavy atom. The van der Waals surface area contributed by atoms with Crippen molar-refractivity contribution in [1.29, 1.82) is 0 Å². The van der Waals surface area contributed by atoms with Crippen molar-refractivity contribution in [3.8, 4) is 0 Å². The van der Waals surface area contributed by atoms with Crippen molar-refractivity contribution in [3.63, 3.8) is 0 Å². The predicted molar refractivity (Wildman–Crippen MR) is 63.3 cm³/mol. The lowest BCUT2D eigenvalue weighted by Gasteiger charge is -2.34. The standard InChI is InChI=1S/C11H20N2O5/c1-11(3-6-18-7-4-11)13-10(17)12-8(2-5-14)9(15)16/h8,14H,2-7H2,1H3,(H,15,16)(H2,12,13,17). The highest BCUT2D eigenvalue weighted by atomic mass is 16.5. The number of aliphatic hydroxyl groups is 1. The van der Waals surface area contributed by atoms with Crippen molar-refractivity contribution >= 4 is 12.0 Å². The van der Waals surface area contributed by atoms with Crippen LogP contribution in [0.1, 0.15) is 26.2 Å². The quantitative estimate of drug-likeness (QED) is 0.542. The fourth-order valence-corrected chi connectivity index (χ4v) is 1.80. The molecule has 0 spiro atoms. The summed E-state index contributed by atoms with van der Waals surface area (Å²) in [6, 6.07) is -1.60. The molecule has 1 atom stereocenters. The van der Waals surface area contributed by atoms with Crippen LogP contribution in [-0.2, 0) is 9.53 Å². The molecule has 7 nitrogen and oxygen atoms in total. The highest BCUT2D eigenvalue weighted by molar-refractivity contribution is 5.82. The van der Waals surface area contributed by atoms with Crippen LogP contribution in [0.4, 0.5) is 4.79 Å². The van der Waals surface area contributed by atoms with Gasteiger partial charge < -0.3 is 25.6 Å². The summed E-state index contributed by atoms with van der Waals surface area (Å²) in [5.41, 5.74) is -0.370. The van der Waals surface area contributed by atoms with E-state index in [0.717, 1.165) is 0 Å². The Morgan fingerprint density at radius 2 is 2.00 bits per heavy atom. The Morgan fingerprint density at radius 1 is 1.39 bits per heavy atom. The van der Waals surface area contributed by atoms with E-state index in [1.165, 1.54) is 0 Å². The van der Waals surface area contributed by atoms with Crippen LogP contribution in [0.5, 0.6) is 0 Å². The van der Waals surface area contributed by atoms with Crippen molar-refractivity contribution in [2.75, 3.05) is 19.8 Å². The van der Waals surface area contributed by atoms with Crippen LogP contribution in [-0.4, -0.2) is 53.6 Å². The van der Waals surface area contributed by atoms with E-state index in [-0.39, 0.29) is 18.6 Å². The number of ether oxygens (including phenoxy) is 1. The molecule has 7 heteroatoms. The van der Waals surface area contributed by atoms with E-state index < -0.39 is 18.0 Å². The van der Waals surface area contributed by atoms with Crippen molar-refractivity contribution in [2.24, 2.45) is 0 Å². The van der Waals surface area contributed by atoms with Gasteiger partial charge in [-0.1, -0.05) is 0 Å². The number of aliphatic hydroxyl groups excluding tert-OH is 1. The number of hydrogen-bond donors (Lipinski definition) is 4. The third-order valence-corrected chi connectivity index (χ3v) is 3.03. The molecule has 18 heavy (non-hydrogen) atoms. The summed E-state index contributed by atoms with van der Waals surface area (Å²) in [6.07, 6.45) is 1.37. The SMILES string of the molecule is CC1(NC(=O)NC(CCO)C(=O)O)CCOCC1. The fraction of sp³-hybridized carbons (Fsp3) is 0.818. The van der Waals surface area contributed by atoms with Crippen LogP contribution in [0.25, 0.3) is 0 Å². The molecule has 1 heterocycles. The molecule has 1 saturated heterocycles. The number of urea groups is 1. The van der Waals surface area contributed by atoms with Gasteiger partial charge in [-0.3, -0.25) is 0 Å². The first-order valence-electron chi connectivity index (χ1n) is 5.97. The van der Waals surface area contributed by atoms with Crippen LogP contribution in [0, 0.1) is 0 Å². The monoisotopic (exact) mass is 260 g/mol. The van der Waals surface area contributed by atoms with Gasteiger partial charge in [-0.05, 0) is 19.8 Å². The first kappa shape index (κ1) is 14.7. The number of aliphatic carboxylic acids is 1. The Hall–Kier alpha value is -1.34. The number of rotatable bonds is 5. The molecular weight excluding hydrogens is 240 g/mol. The molecule has 0 bridgehead atoms. The maximum Gasteiger partial charge on any atom is 0.326 e. The first-order valence-corrected chi connectivity index (χ1v) is 5.97. The third-order valence-electron chi connectivity index (χ3n) is 3.03. The molecule has 0 aliphatic carbocycles. The zero-order valence-corrected chi connectivity index (χ0v) is 10.4. The Bertz CT molecular complexity index is 302. The van der Waals surface area contributed by atoms with E-state index in [9.17, 15) is 9.59 Å². The Labute approximate surface area is 106 Å². The number of hydrogen-bond acceptors (Lipinski definition) is 4. The maximum atomic E-state index is 11.7. The molecule has 4 N–H and O–H groups in total. The van der Waals surface area contributed by atoms with Gasteiger partial charge in [-0.2, -0.15) is 0 Å². The first-order chi connectivity index (χ1) is 8.47. The van der Waals surface area contributed by atoms with Crippen LogP contribution in [0.2, 0.25) is 0 Å². The molecule has 1 fully saturated rings. The molecule has 104 valence electrons. The number of carbonyl (C=O) groups excluding carboxylic acids is 1. The summed E-state index contributed by atoms with van der Waals surface area (Å²) < 4.78 is 5.21. The Kier molecular flexibility index (Phi) is 5.36. The lowest BCUT2D eigenvalue weighted by atomic mass is 9.93. The van der Waals surface area contributed by atoms with Crippen molar-refractivity contribution in [3.05, 3.63) is 0 Å². The van der Waals surface area contributed by atoms with Crippen molar-refractivity contribution in [2.45, 2.75) is 37.8 Å². The van der Waals surface area contributed by atoms with E-state index >= 15 is 0 Å². The van der Waals surface area contributed by atoms with Crippen molar-refractivity contribution in [1.82, 2.24) is 10.6 Å². The van der Waals surface area contributed by atoms with Crippen LogP contribution < -0.4 is 10.6 Å². The van der Waals surface area contributed by atoms with Crippen LogP contribution >= 0.6 is 0 Å². The summed E-state index contributed by atoms with van der Waals surface area (Å²) in [6.45, 7) is 2.77. The fourth-order valence-electron chi connectivity index (χ4n) is 1.80. The number of carboxylic acids is 1. The lowest BCUT2D eigenvalue weighted by molar-refractivity contribution is -0.139. The topological polar surface area (TPSA) is 108 Å². The zero-order valence-electron chi connectivity index (χ0n) is 10.4. The lowest BCUT2D eigenvalue weighted by Crippen LogP contribution is -2.55. The molecule has 0 radical (unpaired) electrons. The zero-order chi connectivity index (χ0) is 13.6. The summed E-state index contributed by atoms with van der Waals surface area (Å²) >= 11 is 0. The molecule has 1 rings (SSSR count). The maximum absolute atomic E-state index is 11.7. The van der Waals surface area contributed by atoms with E-state index in [2.05, 4.69) is 10.6 Å². The van der Waals surface area contributed by atoms with Gasteiger partial charge >= 0.3 is 12.0 Å². The normalized spacial score (nSPS) is 19.9. The molecular formula is C11H20N2O5. The molecule has 1 unspecified atom stereocenters. The van der Waals surface area contributed by atoms with Crippen LogP contribution in [0.3, 0.4) is 0 Å². The van der Waals surface area contributed by atoms with E-state index in [4.69, 9.17) is 14.9 Å². The second kappa shape index (κ2) is 6.55. The minimum Gasteiger partial charge on any atom is -0.480 e. The van der Waals surface area contributed by atoms with Gasteiger partial charge in [0, 0.05) is 31.8 Å². The molecule has 0 aromatic heterocycles. The number of nitrogens with one attached hydrogen (secondary N) is 2. The van der Waals surface area contributed by atoms with E-state index in [1.54, 1.807) is 0 Å². The third kappa shape index (κ3) is 4.50. The summed E-state index contributed by atoms with van der Waals surface area (Å²) in [4.78, 5) is 22.5.